The normalized spacial score (nSPS) is 11.6. The second kappa shape index (κ2) is 12.7. The first-order valence-electron chi connectivity index (χ1n) is 8.83. The lowest BCUT2D eigenvalue weighted by Crippen LogP contribution is -2.39. The van der Waals surface area contributed by atoms with Crippen LogP contribution in [0.15, 0.2) is 64.5 Å². The van der Waals surface area contributed by atoms with E-state index >= 15 is 0 Å². The average Bonchev–Trinajstić information content (AvgIpc) is 2.67. The Morgan fingerprint density at radius 2 is 1.68 bits per heavy atom. The minimum Gasteiger partial charge on any atom is -0.357 e. The lowest BCUT2D eigenvalue weighted by Gasteiger charge is -2.12. The number of benzene rings is 2. The first-order chi connectivity index (χ1) is 13.0. The highest BCUT2D eigenvalue weighted by molar-refractivity contribution is 14.0. The summed E-state index contributed by atoms with van der Waals surface area (Å²) in [7, 11) is -3.53. The first kappa shape index (κ1) is 24.3. The summed E-state index contributed by atoms with van der Waals surface area (Å²) in [5.41, 5.74) is 0.636. The topological polar surface area (TPSA) is 82.6 Å². The van der Waals surface area contributed by atoms with E-state index < -0.39 is 10.0 Å². The van der Waals surface area contributed by atoms with E-state index in [0.717, 1.165) is 0 Å². The molecule has 0 aliphatic rings. The lowest BCUT2D eigenvalue weighted by molar-refractivity contribution is 0.582. The van der Waals surface area contributed by atoms with Gasteiger partial charge in [-0.15, -0.1) is 24.0 Å². The van der Waals surface area contributed by atoms with E-state index in [1.54, 1.807) is 48.5 Å². The van der Waals surface area contributed by atoms with Crippen molar-refractivity contribution in [1.29, 1.82) is 0 Å². The van der Waals surface area contributed by atoms with E-state index in [0.29, 0.717) is 31.0 Å². The number of sulfonamides is 1. The molecule has 0 saturated carbocycles. The second-order valence-electron chi connectivity index (χ2n) is 5.74. The van der Waals surface area contributed by atoms with Crippen LogP contribution in [0.5, 0.6) is 0 Å². The highest BCUT2D eigenvalue weighted by atomic mass is 127. The second-order valence-corrected chi connectivity index (χ2v) is 7.51. The Bertz CT molecular complexity index is 848. The van der Waals surface area contributed by atoms with Gasteiger partial charge in [0.25, 0.3) is 0 Å². The molecular weight excluding hydrogens is 494 g/mol. The highest BCUT2D eigenvalue weighted by Gasteiger charge is 2.11. The molecule has 0 amide bonds. The van der Waals surface area contributed by atoms with Crippen LogP contribution in [-0.4, -0.2) is 40.6 Å². The van der Waals surface area contributed by atoms with Crippen molar-refractivity contribution in [3.8, 4) is 0 Å². The van der Waals surface area contributed by atoms with Gasteiger partial charge < -0.3 is 10.6 Å². The maximum Gasteiger partial charge on any atom is 0.240 e. The Kier molecular flexibility index (Phi) is 11.0. The van der Waals surface area contributed by atoms with Crippen LogP contribution >= 0.6 is 24.0 Å². The van der Waals surface area contributed by atoms with Crippen molar-refractivity contribution in [3.63, 3.8) is 0 Å². The maximum absolute atomic E-state index is 13.6. The molecule has 28 heavy (non-hydrogen) atoms. The van der Waals surface area contributed by atoms with Crippen LogP contribution in [0, 0.1) is 5.82 Å². The van der Waals surface area contributed by atoms with Crippen molar-refractivity contribution in [3.05, 3.63) is 66.0 Å². The van der Waals surface area contributed by atoms with E-state index in [-0.39, 0.29) is 47.8 Å². The summed E-state index contributed by atoms with van der Waals surface area (Å²) >= 11 is 0. The summed E-state index contributed by atoms with van der Waals surface area (Å²) in [6.45, 7) is 3.58. The third-order valence-corrected chi connectivity index (χ3v) is 5.19. The molecule has 0 bridgehead atoms. The smallest absolute Gasteiger partial charge is 0.240 e. The van der Waals surface area contributed by atoms with Crippen LogP contribution in [0.1, 0.15) is 12.5 Å². The van der Waals surface area contributed by atoms with Gasteiger partial charge in [-0.3, -0.25) is 4.99 Å². The van der Waals surface area contributed by atoms with Crippen LogP contribution in [0.25, 0.3) is 0 Å². The van der Waals surface area contributed by atoms with Gasteiger partial charge in [-0.2, -0.15) is 0 Å². The van der Waals surface area contributed by atoms with Crippen LogP contribution in [0.2, 0.25) is 0 Å². The standard InChI is InChI=1S/C19H25FN4O2S.HI/c1-2-21-19(22-13-12-16-8-6-7-11-18(16)20)23-14-15-24-27(25,26)17-9-4-3-5-10-17;/h3-11,24H,2,12-15H2,1H3,(H2,21,22,23);1H. The summed E-state index contributed by atoms with van der Waals surface area (Å²) in [4.78, 5) is 4.56. The molecule has 0 spiro atoms. The third-order valence-electron chi connectivity index (χ3n) is 3.72. The highest BCUT2D eigenvalue weighted by Crippen LogP contribution is 2.07. The molecule has 0 heterocycles. The van der Waals surface area contributed by atoms with Crippen LogP contribution in [0.3, 0.4) is 0 Å². The zero-order valence-corrected chi connectivity index (χ0v) is 18.8. The van der Waals surface area contributed by atoms with Crippen molar-refractivity contribution in [1.82, 2.24) is 15.4 Å². The van der Waals surface area contributed by atoms with Gasteiger partial charge in [0.2, 0.25) is 10.0 Å². The Morgan fingerprint density at radius 1 is 1.00 bits per heavy atom. The molecule has 2 aromatic carbocycles. The summed E-state index contributed by atoms with van der Waals surface area (Å²) < 4.78 is 40.4. The number of halogens is 2. The van der Waals surface area contributed by atoms with Crippen molar-refractivity contribution in [2.45, 2.75) is 18.2 Å². The van der Waals surface area contributed by atoms with E-state index in [9.17, 15) is 12.8 Å². The zero-order valence-electron chi connectivity index (χ0n) is 15.7. The quantitative estimate of drug-likeness (QED) is 0.206. The monoisotopic (exact) mass is 520 g/mol. The van der Waals surface area contributed by atoms with Gasteiger partial charge in [0.05, 0.1) is 11.4 Å². The molecule has 0 aliphatic heterocycles. The fourth-order valence-electron chi connectivity index (χ4n) is 2.39. The number of guanidine groups is 1. The van der Waals surface area contributed by atoms with Crippen molar-refractivity contribution in [2.75, 3.05) is 26.2 Å². The Labute approximate surface area is 183 Å². The van der Waals surface area contributed by atoms with Gasteiger partial charge in [-0.25, -0.2) is 17.5 Å². The lowest BCUT2D eigenvalue weighted by atomic mass is 10.1. The predicted molar refractivity (Wildman–Crippen MR) is 121 cm³/mol. The van der Waals surface area contributed by atoms with Gasteiger partial charge in [-0.1, -0.05) is 36.4 Å². The average molecular weight is 520 g/mol. The molecule has 0 fully saturated rings. The summed E-state index contributed by atoms with van der Waals surface area (Å²) in [5, 5.41) is 6.20. The van der Waals surface area contributed by atoms with Gasteiger partial charge in [-0.05, 0) is 37.1 Å². The van der Waals surface area contributed by atoms with Crippen molar-refractivity contribution < 1.29 is 12.8 Å². The molecule has 2 rings (SSSR count). The Balaban J connectivity index is 0.00000392. The van der Waals surface area contributed by atoms with Gasteiger partial charge in [0, 0.05) is 19.6 Å². The summed E-state index contributed by atoms with van der Waals surface area (Å²) in [6.07, 6.45) is 0.526. The third kappa shape index (κ3) is 8.11. The van der Waals surface area contributed by atoms with Gasteiger partial charge >= 0.3 is 0 Å². The molecule has 6 nitrogen and oxygen atoms in total. The van der Waals surface area contributed by atoms with Gasteiger partial charge in [0.1, 0.15) is 5.82 Å². The number of hydrogen-bond acceptors (Lipinski definition) is 3. The molecule has 0 aliphatic carbocycles. The SMILES string of the molecule is CCNC(=NCCNS(=O)(=O)c1ccccc1)NCCc1ccccc1F.I. The van der Waals surface area contributed by atoms with E-state index in [1.165, 1.54) is 6.07 Å². The molecular formula is C19H26FIN4O2S. The molecule has 2 aromatic rings. The van der Waals surface area contributed by atoms with Crippen LogP contribution < -0.4 is 15.4 Å². The number of hydrogen-bond donors (Lipinski definition) is 3. The number of nitrogens with zero attached hydrogens (tertiary/aromatic N) is 1. The van der Waals surface area contributed by atoms with Gasteiger partial charge in [0.15, 0.2) is 5.96 Å². The fraction of sp³-hybridized carbons (Fsp3) is 0.316. The first-order valence-corrected chi connectivity index (χ1v) is 10.3. The van der Waals surface area contributed by atoms with Crippen molar-refractivity contribution >= 4 is 40.0 Å². The molecule has 9 heteroatoms. The van der Waals surface area contributed by atoms with Crippen molar-refractivity contribution in [2.24, 2.45) is 4.99 Å². The van der Waals surface area contributed by atoms with Crippen LogP contribution in [-0.2, 0) is 16.4 Å². The summed E-state index contributed by atoms with van der Waals surface area (Å²) in [6, 6.07) is 14.8. The summed E-state index contributed by atoms with van der Waals surface area (Å²) in [5.74, 6) is 0.337. The molecule has 0 unspecified atom stereocenters. The largest absolute Gasteiger partial charge is 0.357 e. The molecule has 0 radical (unpaired) electrons. The number of rotatable bonds is 9. The Morgan fingerprint density at radius 3 is 2.36 bits per heavy atom. The molecule has 0 aromatic heterocycles. The minimum atomic E-state index is -3.53. The van der Waals surface area contributed by atoms with E-state index in [1.807, 2.05) is 6.92 Å². The Hall–Kier alpha value is -1.72. The fourth-order valence-corrected chi connectivity index (χ4v) is 3.43. The minimum absolute atomic E-state index is 0. The molecule has 0 saturated heterocycles. The van der Waals surface area contributed by atoms with E-state index in [4.69, 9.17) is 0 Å². The molecule has 0 atom stereocenters. The number of aliphatic imine (C=N–C) groups is 1. The molecule has 3 N–H and O–H groups in total. The van der Waals surface area contributed by atoms with E-state index in [2.05, 4.69) is 20.3 Å². The maximum atomic E-state index is 13.6. The predicted octanol–water partition coefficient (Wildman–Crippen LogP) is 2.52. The van der Waals surface area contributed by atoms with Crippen LogP contribution in [0.4, 0.5) is 4.39 Å². The molecule has 154 valence electrons. The zero-order chi connectivity index (χ0) is 19.5. The number of nitrogens with one attached hydrogen (secondary N) is 3.